The van der Waals surface area contributed by atoms with Crippen molar-refractivity contribution in [3.8, 4) is 16.9 Å². The average molecular weight is 600 g/mol. The van der Waals surface area contributed by atoms with Gasteiger partial charge in [-0.2, -0.15) is 0 Å². The highest BCUT2D eigenvalue weighted by Gasteiger charge is 2.46. The first-order valence-corrected chi connectivity index (χ1v) is 15.1. The number of fused-ring (bicyclic) bond motifs is 7. The lowest BCUT2D eigenvalue weighted by Crippen LogP contribution is -2.56. The fourth-order valence-corrected chi connectivity index (χ4v) is 6.57. The van der Waals surface area contributed by atoms with Crippen molar-refractivity contribution in [1.29, 1.82) is 0 Å². The minimum Gasteiger partial charge on any atom is -0.490 e. The van der Waals surface area contributed by atoms with Gasteiger partial charge in [-0.3, -0.25) is 9.59 Å². The molecular weight excluding hydrogens is 566 g/mol. The zero-order valence-corrected chi connectivity index (χ0v) is 25.3. The maximum atomic E-state index is 14.1. The smallest absolute Gasteiger partial charge is 0.328 e. The molecule has 10 heteroatoms. The van der Waals surface area contributed by atoms with Crippen molar-refractivity contribution in [2.75, 3.05) is 20.3 Å². The fraction of sp³-hybridized carbons (Fsp3) is 0.333. The van der Waals surface area contributed by atoms with E-state index in [4.69, 9.17) is 14.3 Å². The van der Waals surface area contributed by atoms with Gasteiger partial charge < -0.3 is 24.5 Å². The van der Waals surface area contributed by atoms with Crippen LogP contribution in [0.5, 0.6) is 5.75 Å². The van der Waals surface area contributed by atoms with Gasteiger partial charge in [0.1, 0.15) is 36.3 Å². The number of ether oxygens (including phenoxy) is 2. The first-order valence-electron chi connectivity index (χ1n) is 14.2. The molecule has 3 aromatic rings. The Labute approximate surface area is 254 Å². The summed E-state index contributed by atoms with van der Waals surface area (Å²) in [5.74, 6) is -0.617. The van der Waals surface area contributed by atoms with Crippen LogP contribution in [-0.4, -0.2) is 66.8 Å². The molecule has 0 saturated carbocycles. The molecule has 2 aliphatic heterocycles. The van der Waals surface area contributed by atoms with E-state index in [-0.39, 0.29) is 24.8 Å². The van der Waals surface area contributed by atoms with Gasteiger partial charge in [-0.15, -0.1) is 11.3 Å². The second kappa shape index (κ2) is 11.3. The number of hydrogen-bond acceptors (Lipinski definition) is 8. The van der Waals surface area contributed by atoms with Crippen molar-refractivity contribution >= 4 is 40.9 Å². The van der Waals surface area contributed by atoms with Crippen molar-refractivity contribution in [3.05, 3.63) is 81.6 Å². The molecule has 2 amide bonds. The molecule has 43 heavy (non-hydrogen) atoms. The van der Waals surface area contributed by atoms with Gasteiger partial charge in [-0.1, -0.05) is 56.3 Å². The molecule has 9 nitrogen and oxygen atoms in total. The number of amides is 2. The number of carbonyl (C=O) groups excluding carboxylic acids is 3. The van der Waals surface area contributed by atoms with Crippen molar-refractivity contribution in [3.63, 3.8) is 0 Å². The Kier molecular flexibility index (Phi) is 7.56. The van der Waals surface area contributed by atoms with Crippen LogP contribution in [-0.2, 0) is 19.2 Å². The van der Waals surface area contributed by atoms with Gasteiger partial charge in [-0.25, -0.2) is 4.79 Å². The summed E-state index contributed by atoms with van der Waals surface area (Å²) in [7, 11) is 1.30. The highest BCUT2D eigenvalue weighted by atomic mass is 32.1. The van der Waals surface area contributed by atoms with Gasteiger partial charge in [0.2, 0.25) is 5.91 Å². The number of thiophene rings is 1. The van der Waals surface area contributed by atoms with Gasteiger partial charge in [-0.05, 0) is 57.8 Å². The van der Waals surface area contributed by atoms with E-state index in [0.29, 0.717) is 22.9 Å². The fourth-order valence-electron chi connectivity index (χ4n) is 5.78. The van der Waals surface area contributed by atoms with Crippen molar-refractivity contribution < 1.29 is 28.7 Å². The third-order valence-corrected chi connectivity index (χ3v) is 8.89. The molecule has 1 aliphatic carbocycles. The van der Waals surface area contributed by atoms with Gasteiger partial charge in [0.15, 0.2) is 0 Å². The lowest BCUT2D eigenvalue weighted by Gasteiger charge is -2.35. The molecule has 0 spiro atoms. The number of rotatable bonds is 1. The third kappa shape index (κ3) is 5.43. The van der Waals surface area contributed by atoms with E-state index in [2.05, 4.69) is 10.5 Å². The quantitative estimate of drug-likeness (QED) is 0.313. The molecule has 3 aliphatic rings. The first-order chi connectivity index (χ1) is 20.7. The first kappa shape index (κ1) is 28.7. The minimum atomic E-state index is -0.910. The molecule has 1 fully saturated rings. The van der Waals surface area contributed by atoms with E-state index in [1.165, 1.54) is 23.3 Å². The molecule has 4 bridgehead atoms. The van der Waals surface area contributed by atoms with E-state index in [0.717, 1.165) is 27.8 Å². The molecular formula is C33H33N3O6S. The number of esters is 1. The van der Waals surface area contributed by atoms with Gasteiger partial charge in [0.25, 0.3) is 5.91 Å². The normalized spacial score (nSPS) is 21.7. The third-order valence-electron chi connectivity index (χ3n) is 7.96. The number of nitrogens with one attached hydrogen (secondary N) is 1. The van der Waals surface area contributed by atoms with Crippen molar-refractivity contribution in [2.24, 2.45) is 10.6 Å². The van der Waals surface area contributed by atoms with Crippen LogP contribution < -0.4 is 10.1 Å². The Morgan fingerprint density at radius 3 is 2.60 bits per heavy atom. The van der Waals surface area contributed by atoms with Crippen LogP contribution in [0.4, 0.5) is 0 Å². The monoisotopic (exact) mass is 599 g/mol. The molecule has 1 saturated heterocycles. The van der Waals surface area contributed by atoms with Gasteiger partial charge in [0, 0.05) is 17.5 Å². The van der Waals surface area contributed by atoms with E-state index in [9.17, 15) is 14.4 Å². The molecule has 3 heterocycles. The number of nitrogens with zero attached hydrogens (tertiary/aromatic N) is 2. The number of benzene rings is 2. The topological polar surface area (TPSA) is 107 Å². The summed E-state index contributed by atoms with van der Waals surface area (Å²) in [5, 5.41) is 9.39. The van der Waals surface area contributed by atoms with E-state index in [1.807, 2.05) is 86.8 Å². The predicted molar refractivity (Wildman–Crippen MR) is 164 cm³/mol. The lowest BCUT2D eigenvalue weighted by molar-refractivity contribution is -0.152. The number of methoxy groups -OCH3 is 1. The Balaban J connectivity index is 1.43. The van der Waals surface area contributed by atoms with Crippen LogP contribution in [0.3, 0.4) is 0 Å². The average Bonchev–Trinajstić information content (AvgIpc) is 3.71. The molecule has 0 radical (unpaired) electrons. The van der Waals surface area contributed by atoms with Gasteiger partial charge in [0.05, 0.1) is 18.5 Å². The summed E-state index contributed by atoms with van der Waals surface area (Å²) < 4.78 is 11.1. The maximum absolute atomic E-state index is 14.1. The summed E-state index contributed by atoms with van der Waals surface area (Å²) >= 11 is 1.30. The van der Waals surface area contributed by atoms with E-state index in [1.54, 1.807) is 0 Å². The molecule has 6 rings (SSSR count). The molecule has 3 atom stereocenters. The molecule has 0 unspecified atom stereocenters. The lowest BCUT2D eigenvalue weighted by atomic mass is 9.85. The highest BCUT2D eigenvalue weighted by Crippen LogP contribution is 2.39. The SMILES string of the molecule is COC(=O)[C@@H]1C[C@@H]2CN1C(=O)[C@H](C(C)(C)C)NC(=O)c1sccc1C=CCOc1ccc3c(c1)C(=NO2)c1ccccc1-3. The standard InChI is InChI=1S/C33H33N3O6S/c1-33(2,3)29-31(38)36-18-21(17-26(36)32(39)40-4)42-35-27-24-10-6-5-9-22(24)23-12-11-20(16-25(23)27)41-14-7-8-19-13-15-43-28(19)30(37)34-29/h5-13,15-16,21,26,29H,14,17-18H2,1-4H3,(H,34,37)/t21-,26+,29-/m1/s1. The van der Waals surface area contributed by atoms with Crippen molar-refractivity contribution in [1.82, 2.24) is 10.2 Å². The summed E-state index contributed by atoms with van der Waals surface area (Å²) in [6.07, 6.45) is 3.33. The predicted octanol–water partition coefficient (Wildman–Crippen LogP) is 4.89. The molecule has 1 aromatic heterocycles. The number of carbonyl (C=O) groups is 3. The zero-order valence-electron chi connectivity index (χ0n) is 24.5. The van der Waals surface area contributed by atoms with Crippen LogP contribution in [0, 0.1) is 5.41 Å². The summed E-state index contributed by atoms with van der Waals surface area (Å²) in [5.41, 5.74) is 4.59. The summed E-state index contributed by atoms with van der Waals surface area (Å²) in [4.78, 5) is 48.5. The Morgan fingerprint density at radius 2 is 1.84 bits per heavy atom. The number of oxime groups is 1. The maximum Gasteiger partial charge on any atom is 0.328 e. The van der Waals surface area contributed by atoms with Crippen molar-refractivity contribution in [2.45, 2.75) is 45.4 Å². The highest BCUT2D eigenvalue weighted by molar-refractivity contribution is 7.12. The van der Waals surface area contributed by atoms with Crippen LogP contribution in [0.1, 0.15) is 53.6 Å². The molecule has 222 valence electrons. The van der Waals surface area contributed by atoms with Crippen LogP contribution in [0.15, 0.2) is 65.1 Å². The zero-order chi connectivity index (χ0) is 30.3. The second-order valence-electron chi connectivity index (χ2n) is 11.9. The Morgan fingerprint density at radius 1 is 1.07 bits per heavy atom. The number of hydrogen-bond donors (Lipinski definition) is 1. The summed E-state index contributed by atoms with van der Waals surface area (Å²) in [6, 6.07) is 13.9. The largest absolute Gasteiger partial charge is 0.490 e. The minimum absolute atomic E-state index is 0.114. The van der Waals surface area contributed by atoms with Crippen LogP contribution in [0.2, 0.25) is 0 Å². The Bertz CT molecular complexity index is 1650. The second-order valence-corrected chi connectivity index (χ2v) is 12.8. The van der Waals surface area contributed by atoms with Crippen LogP contribution in [0.25, 0.3) is 17.2 Å². The van der Waals surface area contributed by atoms with Crippen LogP contribution >= 0.6 is 11.3 Å². The Hall–Kier alpha value is -4.44. The van der Waals surface area contributed by atoms with E-state index < -0.39 is 29.6 Å². The molecule has 2 aromatic carbocycles. The van der Waals surface area contributed by atoms with Gasteiger partial charge >= 0.3 is 5.97 Å². The molecule has 1 N–H and O–H groups in total. The van der Waals surface area contributed by atoms with E-state index >= 15 is 0 Å². The summed E-state index contributed by atoms with van der Waals surface area (Å²) in [6.45, 7) is 6.04.